The Kier molecular flexibility index (Phi) is 3.66. The second-order valence-electron chi connectivity index (χ2n) is 6.08. The highest BCUT2D eigenvalue weighted by molar-refractivity contribution is 5.99. The van der Waals surface area contributed by atoms with E-state index in [1.54, 1.807) is 6.07 Å². The molecule has 0 spiro atoms. The van der Waals surface area contributed by atoms with Crippen molar-refractivity contribution in [3.05, 3.63) is 41.3 Å². The van der Waals surface area contributed by atoms with Crippen LogP contribution in [0.2, 0.25) is 0 Å². The molecule has 2 N–H and O–H groups in total. The molecule has 0 radical (unpaired) electrons. The molecule has 0 bridgehead atoms. The van der Waals surface area contributed by atoms with Crippen LogP contribution >= 0.6 is 0 Å². The predicted molar refractivity (Wildman–Crippen MR) is 85.9 cm³/mol. The molecule has 3 rings (SSSR count). The molecule has 2 atom stereocenters. The number of carbonyl (C=O) groups is 2. The zero-order valence-corrected chi connectivity index (χ0v) is 14.0. The summed E-state index contributed by atoms with van der Waals surface area (Å²) in [5.74, 6) is -0.678. The molecule has 7 nitrogen and oxygen atoms in total. The van der Waals surface area contributed by atoms with E-state index >= 15 is 0 Å². The minimum absolute atomic E-state index is 0.0241. The topological polar surface area (TPSA) is 91.1 Å². The maximum absolute atomic E-state index is 12.5. The van der Waals surface area contributed by atoms with Crippen molar-refractivity contribution >= 4 is 17.7 Å². The van der Waals surface area contributed by atoms with Gasteiger partial charge in [0.25, 0.3) is 0 Å². The fourth-order valence-corrected chi connectivity index (χ4v) is 3.83. The number of amides is 1. The van der Waals surface area contributed by atoms with E-state index < -0.39 is 23.7 Å². The molecule has 1 aromatic carbocycles. The average Bonchev–Trinajstić information content (AvgIpc) is 3.02. The van der Waals surface area contributed by atoms with Gasteiger partial charge >= 0.3 is 12.1 Å². The van der Waals surface area contributed by atoms with Gasteiger partial charge < -0.3 is 19.9 Å². The van der Waals surface area contributed by atoms with Crippen molar-refractivity contribution in [2.45, 2.75) is 25.5 Å². The van der Waals surface area contributed by atoms with Gasteiger partial charge in [0, 0.05) is 0 Å². The van der Waals surface area contributed by atoms with Crippen molar-refractivity contribution in [1.29, 1.82) is 0 Å². The van der Waals surface area contributed by atoms with Crippen LogP contribution < -0.4 is 10.6 Å². The highest BCUT2D eigenvalue weighted by Crippen LogP contribution is 2.58. The van der Waals surface area contributed by atoms with E-state index in [4.69, 9.17) is 19.9 Å². The standard InChI is InChI=1S/C17H20N2O5/c1-9(2)17-10-7-5-6-8-11(10)19(16(21)23-4)15(17)24-13(18)12(17)14(20)22-3/h5-9,15H,18H2,1-4H3. The van der Waals surface area contributed by atoms with Crippen LogP contribution in [0.3, 0.4) is 0 Å². The van der Waals surface area contributed by atoms with Crippen LogP contribution in [0.25, 0.3) is 0 Å². The summed E-state index contributed by atoms with van der Waals surface area (Å²) in [6.45, 7) is 3.91. The van der Waals surface area contributed by atoms with Gasteiger partial charge in [0.05, 0.1) is 25.3 Å². The molecule has 2 unspecified atom stereocenters. The molecular formula is C17H20N2O5. The highest BCUT2D eigenvalue weighted by Gasteiger charge is 2.65. The van der Waals surface area contributed by atoms with Crippen molar-refractivity contribution in [3.63, 3.8) is 0 Å². The SMILES string of the molecule is COC(=O)C1=C(N)OC2N(C(=O)OC)c3ccccc3C12C(C)C. The molecule has 0 saturated heterocycles. The zero-order valence-electron chi connectivity index (χ0n) is 14.0. The highest BCUT2D eigenvalue weighted by atomic mass is 16.6. The molecule has 2 heterocycles. The van der Waals surface area contributed by atoms with Crippen molar-refractivity contribution in [3.8, 4) is 0 Å². The van der Waals surface area contributed by atoms with Gasteiger partial charge in [-0.1, -0.05) is 32.0 Å². The third-order valence-corrected chi connectivity index (χ3v) is 4.80. The van der Waals surface area contributed by atoms with Gasteiger partial charge in [-0.15, -0.1) is 0 Å². The maximum atomic E-state index is 12.5. The number of carbonyl (C=O) groups excluding carboxylic acids is 2. The van der Waals surface area contributed by atoms with Gasteiger partial charge in [-0.2, -0.15) is 0 Å². The number of para-hydroxylation sites is 1. The number of methoxy groups -OCH3 is 2. The first kappa shape index (κ1) is 16.2. The molecule has 0 aliphatic carbocycles. The summed E-state index contributed by atoms with van der Waals surface area (Å²) in [7, 11) is 2.59. The number of benzene rings is 1. The quantitative estimate of drug-likeness (QED) is 0.831. The lowest BCUT2D eigenvalue weighted by Gasteiger charge is -2.35. The van der Waals surface area contributed by atoms with Crippen molar-refractivity contribution in [2.75, 3.05) is 19.1 Å². The number of ether oxygens (including phenoxy) is 3. The minimum Gasteiger partial charge on any atom is -0.465 e. The largest absolute Gasteiger partial charge is 0.465 e. The fraction of sp³-hybridized carbons (Fsp3) is 0.412. The molecule has 7 heteroatoms. The Labute approximate surface area is 140 Å². The first-order valence-corrected chi connectivity index (χ1v) is 7.63. The van der Waals surface area contributed by atoms with Crippen LogP contribution in [0.1, 0.15) is 19.4 Å². The number of rotatable bonds is 2. The molecule has 0 fully saturated rings. The fourth-order valence-electron chi connectivity index (χ4n) is 3.83. The number of hydrogen-bond donors (Lipinski definition) is 1. The summed E-state index contributed by atoms with van der Waals surface area (Å²) in [5, 5.41) is 0. The lowest BCUT2D eigenvalue weighted by molar-refractivity contribution is -0.137. The Morgan fingerprint density at radius 3 is 2.50 bits per heavy atom. The van der Waals surface area contributed by atoms with Crippen molar-refractivity contribution < 1.29 is 23.8 Å². The van der Waals surface area contributed by atoms with Crippen LogP contribution in [-0.4, -0.2) is 32.5 Å². The first-order chi connectivity index (χ1) is 11.4. The Balaban J connectivity index is 2.32. The van der Waals surface area contributed by atoms with E-state index in [1.165, 1.54) is 19.1 Å². The minimum atomic E-state index is -0.915. The summed E-state index contributed by atoms with van der Waals surface area (Å²) >= 11 is 0. The summed E-state index contributed by atoms with van der Waals surface area (Å²) in [6.07, 6.45) is -1.37. The van der Waals surface area contributed by atoms with Gasteiger partial charge in [-0.05, 0) is 17.5 Å². The van der Waals surface area contributed by atoms with Crippen LogP contribution in [0.5, 0.6) is 0 Å². The Morgan fingerprint density at radius 1 is 1.25 bits per heavy atom. The van der Waals surface area contributed by atoms with E-state index in [1.807, 2.05) is 32.0 Å². The zero-order chi connectivity index (χ0) is 17.6. The molecule has 24 heavy (non-hydrogen) atoms. The molecule has 1 aromatic rings. The number of fused-ring (bicyclic) bond motifs is 3. The Hall–Kier alpha value is -2.70. The number of hydrogen-bond acceptors (Lipinski definition) is 6. The molecule has 0 saturated carbocycles. The summed E-state index contributed by atoms with van der Waals surface area (Å²) in [4.78, 5) is 26.2. The Bertz CT molecular complexity index is 742. The number of nitrogens with zero attached hydrogens (tertiary/aromatic N) is 1. The molecule has 2 aliphatic heterocycles. The van der Waals surface area contributed by atoms with Gasteiger partial charge in [-0.3, -0.25) is 0 Å². The number of esters is 1. The van der Waals surface area contributed by atoms with Crippen molar-refractivity contribution in [1.82, 2.24) is 0 Å². The van der Waals surface area contributed by atoms with E-state index in [9.17, 15) is 9.59 Å². The third-order valence-electron chi connectivity index (χ3n) is 4.80. The van der Waals surface area contributed by atoms with E-state index in [-0.39, 0.29) is 17.4 Å². The lowest BCUT2D eigenvalue weighted by Crippen LogP contribution is -2.50. The van der Waals surface area contributed by atoms with Crippen LogP contribution in [0.4, 0.5) is 10.5 Å². The first-order valence-electron chi connectivity index (χ1n) is 7.63. The summed E-state index contributed by atoms with van der Waals surface area (Å²) in [5.41, 5.74) is 6.76. The van der Waals surface area contributed by atoms with Gasteiger partial charge in [0.2, 0.25) is 0 Å². The summed E-state index contributed by atoms with van der Waals surface area (Å²) in [6, 6.07) is 7.33. The lowest BCUT2D eigenvalue weighted by atomic mass is 9.67. The van der Waals surface area contributed by atoms with Gasteiger partial charge in [0.1, 0.15) is 5.57 Å². The van der Waals surface area contributed by atoms with Crippen LogP contribution in [-0.2, 0) is 24.4 Å². The van der Waals surface area contributed by atoms with Crippen LogP contribution in [0.15, 0.2) is 35.7 Å². The smallest absolute Gasteiger partial charge is 0.417 e. The predicted octanol–water partition coefficient (Wildman–Crippen LogP) is 1.87. The third kappa shape index (κ3) is 1.78. The summed E-state index contributed by atoms with van der Waals surface area (Å²) < 4.78 is 15.6. The molecule has 128 valence electrons. The van der Waals surface area contributed by atoms with E-state index in [0.29, 0.717) is 5.69 Å². The Morgan fingerprint density at radius 2 is 1.92 bits per heavy atom. The second-order valence-corrected chi connectivity index (χ2v) is 6.08. The average molecular weight is 332 g/mol. The molecule has 1 amide bonds. The van der Waals surface area contributed by atoms with E-state index in [2.05, 4.69) is 0 Å². The molecule has 0 aromatic heterocycles. The van der Waals surface area contributed by atoms with Gasteiger partial charge in [0.15, 0.2) is 12.1 Å². The number of nitrogens with two attached hydrogens (primary N) is 1. The van der Waals surface area contributed by atoms with Crippen molar-refractivity contribution in [2.24, 2.45) is 11.7 Å². The van der Waals surface area contributed by atoms with Crippen LogP contribution in [0, 0.1) is 5.92 Å². The second kappa shape index (κ2) is 5.43. The normalized spacial score (nSPS) is 24.5. The monoisotopic (exact) mass is 332 g/mol. The van der Waals surface area contributed by atoms with Gasteiger partial charge in [-0.25, -0.2) is 14.5 Å². The molecular weight excluding hydrogens is 312 g/mol. The number of anilines is 1. The molecule has 2 aliphatic rings. The van der Waals surface area contributed by atoms with E-state index in [0.717, 1.165) is 5.56 Å². The maximum Gasteiger partial charge on any atom is 0.417 e.